The highest BCUT2D eigenvalue weighted by Gasteiger charge is 2.39. The van der Waals surface area contributed by atoms with Gasteiger partial charge in [-0.1, -0.05) is 5.11 Å². The van der Waals surface area contributed by atoms with Crippen LogP contribution in [0.4, 0.5) is 0 Å². The van der Waals surface area contributed by atoms with Gasteiger partial charge in [0.05, 0.1) is 12.5 Å². The number of amides is 1. The van der Waals surface area contributed by atoms with Crippen LogP contribution in [0, 0.1) is 0 Å². The van der Waals surface area contributed by atoms with E-state index in [9.17, 15) is 14.7 Å². The number of rotatable bonds is 2. The number of ketones is 1. The lowest BCUT2D eigenvalue weighted by molar-refractivity contribution is -0.156. The Hall–Kier alpha value is -1.89. The number of hydrogen-bond acceptors (Lipinski definition) is 5. The minimum atomic E-state index is -1.23. The van der Waals surface area contributed by atoms with Crippen LogP contribution in [0.5, 0.6) is 0 Å². The first-order valence-electron chi connectivity index (χ1n) is 5.43. The molecule has 18 heavy (non-hydrogen) atoms. The van der Waals surface area contributed by atoms with Crippen LogP contribution >= 0.6 is 0 Å². The maximum atomic E-state index is 11.7. The molecule has 8 heteroatoms. The van der Waals surface area contributed by atoms with Crippen LogP contribution in [-0.2, 0) is 14.3 Å². The van der Waals surface area contributed by atoms with Crippen LogP contribution in [0.3, 0.4) is 0 Å². The summed E-state index contributed by atoms with van der Waals surface area (Å²) in [6, 6.07) is -0.723. The van der Waals surface area contributed by atoms with E-state index in [1.807, 2.05) is 0 Å². The van der Waals surface area contributed by atoms with Crippen molar-refractivity contribution in [2.45, 2.75) is 38.3 Å². The molecule has 96 valence electrons. The third kappa shape index (κ3) is 2.21. The number of Topliss-reactive ketones (excluding diaryl/α,β-unsaturated/α-hetero) is 1. The van der Waals surface area contributed by atoms with E-state index in [4.69, 9.17) is 10.3 Å². The van der Waals surface area contributed by atoms with Crippen molar-refractivity contribution in [1.82, 2.24) is 4.90 Å². The molecular formula is C10H12N4O4. The molecule has 8 nitrogen and oxygen atoms in total. The van der Waals surface area contributed by atoms with Crippen molar-refractivity contribution >= 4 is 11.7 Å². The number of hydrogen-bond donors (Lipinski definition) is 1. The predicted octanol–water partition coefficient (Wildman–Crippen LogP) is 0.435. The molecule has 0 aromatic rings. The van der Waals surface area contributed by atoms with Crippen LogP contribution in [0.1, 0.15) is 19.8 Å². The molecule has 1 amide bonds. The second-order valence-corrected chi connectivity index (χ2v) is 4.20. The summed E-state index contributed by atoms with van der Waals surface area (Å²) >= 11 is 0. The highest BCUT2D eigenvalue weighted by Crippen LogP contribution is 2.27. The van der Waals surface area contributed by atoms with E-state index in [-0.39, 0.29) is 24.5 Å². The van der Waals surface area contributed by atoms with Gasteiger partial charge < -0.3 is 9.84 Å². The fraction of sp³-hybridized carbons (Fsp3) is 0.600. The van der Waals surface area contributed by atoms with E-state index < -0.39 is 18.6 Å². The predicted molar refractivity (Wildman–Crippen MR) is 58.7 cm³/mol. The van der Waals surface area contributed by atoms with E-state index in [1.54, 1.807) is 6.92 Å². The maximum Gasteiger partial charge on any atom is 0.236 e. The van der Waals surface area contributed by atoms with Gasteiger partial charge in [-0.25, -0.2) is 0 Å². The largest absolute Gasteiger partial charge is 0.367 e. The summed E-state index contributed by atoms with van der Waals surface area (Å²) in [6.07, 6.45) is -0.528. The first-order chi connectivity index (χ1) is 8.52. The molecule has 1 saturated heterocycles. The molecule has 2 rings (SSSR count). The molecule has 0 aromatic heterocycles. The number of aliphatic hydroxyl groups is 1. The van der Waals surface area contributed by atoms with Crippen molar-refractivity contribution in [2.24, 2.45) is 5.11 Å². The summed E-state index contributed by atoms with van der Waals surface area (Å²) in [7, 11) is 0. The molecular weight excluding hydrogens is 240 g/mol. The zero-order valence-electron chi connectivity index (χ0n) is 9.68. The normalized spacial score (nSPS) is 32.2. The lowest BCUT2D eigenvalue weighted by atomic mass is 10.1. The topological polar surface area (TPSA) is 116 Å². The van der Waals surface area contributed by atoms with E-state index in [1.165, 1.54) is 11.1 Å². The van der Waals surface area contributed by atoms with E-state index in [0.29, 0.717) is 5.57 Å². The summed E-state index contributed by atoms with van der Waals surface area (Å²) in [6.45, 7) is 1.61. The number of carbonyl (C=O) groups is 2. The molecule has 0 saturated carbocycles. The molecule has 1 N–H and O–H groups in total. The standard InChI is InChI=1S/C10H12N4O4/c1-5-4-14(8(16)3-7(5)15)9-2-6(12-13-11)10(17)18-9/h4,6,9-10,17H,2-3H2,1H3/t6-,9?,10-/m0/s1. The summed E-state index contributed by atoms with van der Waals surface area (Å²) < 4.78 is 5.16. The van der Waals surface area contributed by atoms with Crippen molar-refractivity contribution in [3.63, 3.8) is 0 Å². The Morgan fingerprint density at radius 3 is 3.00 bits per heavy atom. The number of ether oxygens (including phenoxy) is 1. The van der Waals surface area contributed by atoms with Crippen LogP contribution in [0.15, 0.2) is 16.9 Å². The number of azide groups is 1. The van der Waals surface area contributed by atoms with E-state index in [2.05, 4.69) is 10.0 Å². The highest BCUT2D eigenvalue weighted by molar-refractivity contribution is 6.09. The molecule has 0 spiro atoms. The second-order valence-electron chi connectivity index (χ2n) is 4.20. The summed E-state index contributed by atoms with van der Waals surface area (Å²) in [4.78, 5) is 26.9. The van der Waals surface area contributed by atoms with Gasteiger partial charge in [-0.05, 0) is 12.5 Å². The molecule has 0 aliphatic carbocycles. The van der Waals surface area contributed by atoms with Crippen molar-refractivity contribution in [1.29, 1.82) is 0 Å². The Kier molecular flexibility index (Phi) is 3.33. The van der Waals surface area contributed by atoms with Gasteiger partial charge in [-0.15, -0.1) is 0 Å². The highest BCUT2D eigenvalue weighted by atomic mass is 16.6. The molecule has 0 radical (unpaired) electrons. The number of carbonyl (C=O) groups excluding carboxylic acids is 2. The molecule has 1 fully saturated rings. The Morgan fingerprint density at radius 1 is 1.61 bits per heavy atom. The molecule has 0 aromatic carbocycles. The van der Waals surface area contributed by atoms with Gasteiger partial charge in [0.2, 0.25) is 5.91 Å². The van der Waals surface area contributed by atoms with E-state index >= 15 is 0 Å². The maximum absolute atomic E-state index is 11.7. The number of nitrogens with zero attached hydrogens (tertiary/aromatic N) is 4. The van der Waals surface area contributed by atoms with Gasteiger partial charge in [-0.3, -0.25) is 14.5 Å². The van der Waals surface area contributed by atoms with Gasteiger partial charge in [-0.2, -0.15) is 0 Å². The third-order valence-electron chi connectivity index (χ3n) is 2.95. The lowest BCUT2D eigenvalue weighted by Gasteiger charge is -2.28. The van der Waals surface area contributed by atoms with Crippen LogP contribution < -0.4 is 0 Å². The molecule has 1 unspecified atom stereocenters. The Labute approximate surface area is 102 Å². The first kappa shape index (κ1) is 12.6. The quantitative estimate of drug-likeness (QED) is 0.332. The Bertz CT molecular complexity index is 468. The summed E-state index contributed by atoms with van der Waals surface area (Å²) in [5, 5.41) is 12.9. The number of aliphatic hydroxyl groups excluding tert-OH is 1. The van der Waals surface area contributed by atoms with Gasteiger partial charge in [0.25, 0.3) is 0 Å². The zero-order chi connectivity index (χ0) is 13.3. The van der Waals surface area contributed by atoms with Crippen LogP contribution in [0.25, 0.3) is 10.4 Å². The monoisotopic (exact) mass is 252 g/mol. The lowest BCUT2D eigenvalue weighted by Crippen LogP contribution is -2.40. The molecule has 2 aliphatic rings. The zero-order valence-corrected chi connectivity index (χ0v) is 9.68. The fourth-order valence-electron chi connectivity index (χ4n) is 1.94. The van der Waals surface area contributed by atoms with Gasteiger partial charge in [0.15, 0.2) is 12.1 Å². The minimum Gasteiger partial charge on any atom is -0.367 e. The van der Waals surface area contributed by atoms with Crippen molar-refractivity contribution < 1.29 is 19.4 Å². The molecule has 2 aliphatic heterocycles. The van der Waals surface area contributed by atoms with Gasteiger partial charge >= 0.3 is 0 Å². The number of allylic oxidation sites excluding steroid dienone is 1. The van der Waals surface area contributed by atoms with Gasteiger partial charge in [0, 0.05) is 23.1 Å². The van der Waals surface area contributed by atoms with Crippen LogP contribution in [0.2, 0.25) is 0 Å². The summed E-state index contributed by atoms with van der Waals surface area (Å²) in [5.74, 6) is -0.606. The van der Waals surface area contributed by atoms with Crippen molar-refractivity contribution in [2.75, 3.05) is 0 Å². The summed E-state index contributed by atoms with van der Waals surface area (Å²) in [5.41, 5.74) is 8.78. The molecule has 0 bridgehead atoms. The van der Waals surface area contributed by atoms with E-state index in [0.717, 1.165) is 0 Å². The SMILES string of the molecule is CC1=CN(C2C[C@H](N=[N+]=[N-])[C@@H](O)O2)C(=O)CC1=O. The van der Waals surface area contributed by atoms with Crippen molar-refractivity contribution in [3.05, 3.63) is 22.2 Å². The Morgan fingerprint density at radius 2 is 2.33 bits per heavy atom. The minimum absolute atomic E-state index is 0.203. The first-order valence-corrected chi connectivity index (χ1v) is 5.43. The second kappa shape index (κ2) is 4.77. The third-order valence-corrected chi connectivity index (χ3v) is 2.95. The average molecular weight is 252 g/mol. The average Bonchev–Trinajstić information content (AvgIpc) is 2.66. The molecule has 3 atom stereocenters. The van der Waals surface area contributed by atoms with Crippen LogP contribution in [-0.4, -0.2) is 40.3 Å². The fourth-order valence-corrected chi connectivity index (χ4v) is 1.94. The smallest absolute Gasteiger partial charge is 0.236 e. The van der Waals surface area contributed by atoms with Crippen molar-refractivity contribution in [3.8, 4) is 0 Å². The molecule has 2 heterocycles. The van der Waals surface area contributed by atoms with Gasteiger partial charge in [0.1, 0.15) is 6.23 Å². The Balaban J connectivity index is 2.16.